The number of hydrogen-bond donors (Lipinski definition) is 3. The molecule has 70 heavy (non-hydrogen) atoms. The Morgan fingerprint density at radius 3 is 1.01 bits per heavy atom. The summed E-state index contributed by atoms with van der Waals surface area (Å²) < 4.78 is 5.49. The Morgan fingerprint density at radius 2 is 0.671 bits per heavy atom. The zero-order chi connectivity index (χ0) is 50.7. The van der Waals surface area contributed by atoms with Gasteiger partial charge in [-0.3, -0.25) is 9.59 Å². The highest BCUT2D eigenvalue weighted by Crippen LogP contribution is 2.18. The molecule has 2 atom stereocenters. The number of amides is 1. The van der Waals surface area contributed by atoms with Gasteiger partial charge in [-0.25, -0.2) is 0 Å². The molecule has 0 aromatic rings. The molecular weight excluding hydrogens is 863 g/mol. The van der Waals surface area contributed by atoms with E-state index < -0.39 is 12.1 Å². The number of nitrogens with one attached hydrogen (secondary N) is 1. The largest absolute Gasteiger partial charge is 0.466 e. The van der Waals surface area contributed by atoms with Crippen LogP contribution in [0.3, 0.4) is 0 Å². The minimum Gasteiger partial charge on any atom is -0.466 e. The minimum atomic E-state index is -0.842. The molecule has 6 heteroatoms. The predicted octanol–water partition coefficient (Wildman–Crippen LogP) is 19.8. The maximum Gasteiger partial charge on any atom is 0.305 e. The molecule has 0 aromatic carbocycles. The van der Waals surface area contributed by atoms with Crippen LogP contribution in [-0.2, 0) is 14.3 Å². The Balaban J connectivity index is 3.35. The number of allylic oxidation sites excluding steroid dienone is 3. The van der Waals surface area contributed by atoms with E-state index in [-0.39, 0.29) is 18.5 Å². The van der Waals surface area contributed by atoms with Crippen LogP contribution in [0.1, 0.15) is 348 Å². The molecule has 0 aromatic heterocycles. The second-order valence-electron chi connectivity index (χ2n) is 21.7. The molecule has 1 amide bonds. The first-order valence-corrected chi connectivity index (χ1v) is 31.6. The van der Waals surface area contributed by atoms with Crippen molar-refractivity contribution in [2.75, 3.05) is 13.2 Å². The van der Waals surface area contributed by atoms with Gasteiger partial charge in [0.1, 0.15) is 0 Å². The topological polar surface area (TPSA) is 95.9 Å². The van der Waals surface area contributed by atoms with Gasteiger partial charge in [-0.15, -0.1) is 0 Å². The molecule has 0 saturated heterocycles. The van der Waals surface area contributed by atoms with Crippen molar-refractivity contribution in [1.29, 1.82) is 0 Å². The molecule has 0 radical (unpaired) electrons. The van der Waals surface area contributed by atoms with E-state index in [4.69, 9.17) is 4.74 Å². The lowest BCUT2D eigenvalue weighted by atomic mass is 10.0. The Kier molecular flexibility index (Phi) is 58.5. The normalized spacial score (nSPS) is 12.7. The third-order valence-corrected chi connectivity index (χ3v) is 14.7. The van der Waals surface area contributed by atoms with Gasteiger partial charge in [-0.1, -0.05) is 301 Å². The lowest BCUT2D eigenvalue weighted by Crippen LogP contribution is -2.45. The number of esters is 1. The smallest absolute Gasteiger partial charge is 0.305 e. The van der Waals surface area contributed by atoms with E-state index in [1.165, 1.54) is 276 Å². The van der Waals surface area contributed by atoms with Crippen LogP contribution >= 0.6 is 0 Å². The average molecular weight is 987 g/mol. The summed E-state index contributed by atoms with van der Waals surface area (Å²) in [6.45, 7) is 4.91. The zero-order valence-electron chi connectivity index (χ0n) is 47.3. The van der Waals surface area contributed by atoms with Gasteiger partial charge < -0.3 is 20.3 Å². The summed E-state index contributed by atoms with van der Waals surface area (Å²) in [5.41, 5.74) is 0. The van der Waals surface area contributed by atoms with Crippen LogP contribution in [0.25, 0.3) is 0 Å². The van der Waals surface area contributed by atoms with E-state index in [0.29, 0.717) is 19.4 Å². The molecule has 3 N–H and O–H groups in total. The third kappa shape index (κ3) is 55.7. The molecule has 0 aliphatic rings. The summed E-state index contributed by atoms with van der Waals surface area (Å²) in [6.07, 6.45) is 73.7. The van der Waals surface area contributed by atoms with Crippen LogP contribution in [0, 0.1) is 0 Å². The highest BCUT2D eigenvalue weighted by atomic mass is 16.5. The van der Waals surface area contributed by atoms with Crippen molar-refractivity contribution in [2.24, 2.45) is 0 Å². The highest BCUT2D eigenvalue weighted by molar-refractivity contribution is 5.76. The number of aliphatic hydroxyl groups excluding tert-OH is 2. The number of carbonyl (C=O) groups excluding carboxylic acids is 2. The molecule has 6 nitrogen and oxygen atoms in total. The Labute approximate surface area is 437 Å². The van der Waals surface area contributed by atoms with Crippen molar-refractivity contribution < 1.29 is 24.5 Å². The van der Waals surface area contributed by atoms with Crippen molar-refractivity contribution in [3.05, 3.63) is 24.3 Å². The monoisotopic (exact) mass is 986 g/mol. The van der Waals surface area contributed by atoms with Gasteiger partial charge in [0.05, 0.1) is 25.4 Å². The number of aliphatic hydroxyl groups is 2. The van der Waals surface area contributed by atoms with Crippen LogP contribution in [0.15, 0.2) is 24.3 Å². The van der Waals surface area contributed by atoms with Crippen LogP contribution in [0.2, 0.25) is 0 Å². The summed E-state index contributed by atoms with van der Waals surface area (Å²) in [4.78, 5) is 24.5. The van der Waals surface area contributed by atoms with Gasteiger partial charge in [0.2, 0.25) is 5.91 Å². The Hall–Kier alpha value is -1.66. The number of hydrogen-bond acceptors (Lipinski definition) is 5. The Morgan fingerprint density at radius 1 is 0.386 bits per heavy atom. The fraction of sp³-hybridized carbons (Fsp3) is 0.906. The summed E-state index contributed by atoms with van der Waals surface area (Å²) in [7, 11) is 0. The van der Waals surface area contributed by atoms with E-state index in [2.05, 4.69) is 31.3 Å². The molecule has 0 bridgehead atoms. The Bertz CT molecular complexity index is 1090. The predicted molar refractivity (Wildman–Crippen MR) is 306 cm³/mol. The van der Waals surface area contributed by atoms with Gasteiger partial charge >= 0.3 is 5.97 Å². The fourth-order valence-corrected chi connectivity index (χ4v) is 9.87. The zero-order valence-corrected chi connectivity index (χ0v) is 47.3. The maximum absolute atomic E-state index is 12.4. The van der Waals surface area contributed by atoms with E-state index in [1.807, 2.05) is 6.08 Å². The van der Waals surface area contributed by atoms with Crippen LogP contribution in [0.4, 0.5) is 0 Å². The molecular formula is C64H123NO5. The van der Waals surface area contributed by atoms with E-state index in [9.17, 15) is 19.8 Å². The second kappa shape index (κ2) is 59.9. The molecule has 414 valence electrons. The van der Waals surface area contributed by atoms with Gasteiger partial charge in [-0.2, -0.15) is 0 Å². The molecule has 0 rings (SSSR count). The third-order valence-electron chi connectivity index (χ3n) is 14.7. The first-order chi connectivity index (χ1) is 34.5. The molecule has 0 fully saturated rings. The van der Waals surface area contributed by atoms with E-state index in [0.717, 1.165) is 44.9 Å². The van der Waals surface area contributed by atoms with Crippen LogP contribution in [0.5, 0.6) is 0 Å². The van der Waals surface area contributed by atoms with Crippen molar-refractivity contribution >= 4 is 11.9 Å². The number of unbranched alkanes of at least 4 members (excludes halogenated alkanes) is 46. The highest BCUT2D eigenvalue weighted by Gasteiger charge is 2.18. The quantitative estimate of drug-likeness (QED) is 0.0321. The van der Waals surface area contributed by atoms with Crippen molar-refractivity contribution in [2.45, 2.75) is 360 Å². The van der Waals surface area contributed by atoms with Gasteiger partial charge in [0.25, 0.3) is 0 Å². The molecule has 2 unspecified atom stereocenters. The lowest BCUT2D eigenvalue weighted by molar-refractivity contribution is -0.143. The fourth-order valence-electron chi connectivity index (χ4n) is 9.87. The molecule has 0 saturated carbocycles. The number of ether oxygens (including phenoxy) is 1. The maximum atomic E-state index is 12.4. The van der Waals surface area contributed by atoms with E-state index >= 15 is 0 Å². The molecule has 0 aliphatic carbocycles. The van der Waals surface area contributed by atoms with Crippen molar-refractivity contribution in [3.63, 3.8) is 0 Å². The SMILES string of the molecule is CCCCCCCCC/C=C\CCCCCCCC(=O)OCCCCCCCCCCCCCCCCCCCCCCCCCCCC(=O)NC(CO)C(O)/C=C/CCCCCCCCCCCC. The van der Waals surface area contributed by atoms with Gasteiger partial charge in [0, 0.05) is 12.8 Å². The standard InChI is InChI=1S/C64H123NO5/c1-3-5-7-9-11-13-15-17-18-31-34-38-42-46-50-54-58-64(69)70-59-55-51-47-43-39-35-32-29-27-25-23-21-19-20-22-24-26-28-30-33-37-41-45-49-53-57-63(68)65-61(60-66)62(67)56-52-48-44-40-36-16-14-12-10-8-6-4-2/h18,31,52,56,61-62,66-67H,3-17,19-30,32-51,53-55,57-60H2,1-2H3,(H,65,68)/b31-18-,56-52+. The van der Waals surface area contributed by atoms with Gasteiger partial charge in [-0.05, 0) is 57.8 Å². The first-order valence-electron chi connectivity index (χ1n) is 31.6. The summed E-state index contributed by atoms with van der Waals surface area (Å²) >= 11 is 0. The lowest BCUT2D eigenvalue weighted by Gasteiger charge is -2.20. The average Bonchev–Trinajstić information content (AvgIpc) is 3.36. The van der Waals surface area contributed by atoms with Crippen LogP contribution < -0.4 is 5.32 Å². The van der Waals surface area contributed by atoms with Crippen molar-refractivity contribution in [1.82, 2.24) is 5.32 Å². The summed E-state index contributed by atoms with van der Waals surface area (Å²) in [5, 5.41) is 23.1. The molecule has 0 aliphatic heterocycles. The number of carbonyl (C=O) groups is 2. The summed E-state index contributed by atoms with van der Waals surface area (Å²) in [6, 6.07) is -0.625. The number of rotatable bonds is 59. The van der Waals surface area contributed by atoms with E-state index in [1.54, 1.807) is 6.08 Å². The van der Waals surface area contributed by atoms with Crippen molar-refractivity contribution in [3.8, 4) is 0 Å². The second-order valence-corrected chi connectivity index (χ2v) is 21.7. The molecule has 0 heterocycles. The van der Waals surface area contributed by atoms with Gasteiger partial charge in [0.15, 0.2) is 0 Å². The first kappa shape index (κ1) is 68.3. The molecule has 0 spiro atoms. The summed E-state index contributed by atoms with van der Waals surface area (Å²) in [5.74, 6) is -0.0571. The van der Waals surface area contributed by atoms with Crippen LogP contribution in [-0.4, -0.2) is 47.4 Å². The minimum absolute atomic E-state index is 0.00883.